The average Bonchev–Trinajstić information content (AvgIpc) is 3.03. The van der Waals surface area contributed by atoms with Crippen LogP contribution in [0.2, 0.25) is 0 Å². The molecule has 104 valence electrons. The van der Waals surface area contributed by atoms with Gasteiger partial charge in [0.15, 0.2) is 0 Å². The summed E-state index contributed by atoms with van der Waals surface area (Å²) in [7, 11) is 0. The minimum absolute atomic E-state index is 0.123. The first-order chi connectivity index (χ1) is 9.78. The third-order valence-corrected chi connectivity index (χ3v) is 5.72. The van der Waals surface area contributed by atoms with Crippen molar-refractivity contribution in [3.05, 3.63) is 46.7 Å². The summed E-state index contributed by atoms with van der Waals surface area (Å²) in [5, 5.41) is 9.07. The van der Waals surface area contributed by atoms with E-state index < -0.39 is 0 Å². The minimum atomic E-state index is 0.123. The largest absolute Gasteiger partial charge is 0.418 e. The zero-order valence-electron chi connectivity index (χ0n) is 11.6. The molecule has 4 rings (SSSR count). The van der Waals surface area contributed by atoms with Crippen molar-refractivity contribution in [3.8, 4) is 0 Å². The highest BCUT2D eigenvalue weighted by atomic mass is 32.2. The molecule has 0 N–H and O–H groups in total. The molecule has 0 unspecified atom stereocenters. The van der Waals surface area contributed by atoms with Crippen molar-refractivity contribution in [2.75, 3.05) is 0 Å². The number of nitrogens with zero attached hydrogens (tertiary/aromatic N) is 2. The summed E-state index contributed by atoms with van der Waals surface area (Å²) in [4.78, 5) is 0.123. The van der Waals surface area contributed by atoms with Gasteiger partial charge in [-0.1, -0.05) is 49.2 Å². The Morgan fingerprint density at radius 2 is 2.00 bits per heavy atom. The molecule has 0 atom stereocenters. The summed E-state index contributed by atoms with van der Waals surface area (Å²) in [6.45, 7) is 2.10. The Morgan fingerprint density at radius 1 is 1.20 bits per heavy atom. The molecule has 0 saturated heterocycles. The maximum atomic E-state index is 6.00. The van der Waals surface area contributed by atoms with Crippen LogP contribution in [0, 0.1) is 6.92 Å². The Morgan fingerprint density at radius 3 is 2.80 bits per heavy atom. The summed E-state index contributed by atoms with van der Waals surface area (Å²) in [5.74, 6) is 1.66. The van der Waals surface area contributed by atoms with E-state index in [1.54, 1.807) is 0 Å². The zero-order valence-corrected chi connectivity index (χ0v) is 12.4. The van der Waals surface area contributed by atoms with Gasteiger partial charge in [-0.3, -0.25) is 0 Å². The molecule has 1 aromatic rings. The van der Waals surface area contributed by atoms with E-state index in [0.717, 1.165) is 17.3 Å². The molecule has 1 fully saturated rings. The standard InChI is InChI=1S/C16H18N2OS/c1-12-7-3-4-8-13(12)15-17-18-14(19-15)11-20-16(18)9-5-2-6-10-16/h3-4,7-8,11H,2,5-6,9-10H2,1H3. The van der Waals surface area contributed by atoms with Gasteiger partial charge in [-0.25, -0.2) is 5.01 Å². The maximum absolute atomic E-state index is 6.00. The van der Waals surface area contributed by atoms with E-state index in [-0.39, 0.29) is 4.87 Å². The lowest BCUT2D eigenvalue weighted by atomic mass is 9.94. The third-order valence-electron chi connectivity index (χ3n) is 4.38. The number of fused-ring (bicyclic) bond motifs is 2. The van der Waals surface area contributed by atoms with Crippen LogP contribution in [-0.4, -0.2) is 15.8 Å². The number of hydrazone groups is 1. The smallest absolute Gasteiger partial charge is 0.246 e. The first kappa shape index (κ1) is 12.3. The van der Waals surface area contributed by atoms with Crippen molar-refractivity contribution >= 4 is 17.7 Å². The topological polar surface area (TPSA) is 24.8 Å². The Hall–Kier alpha value is -1.42. The first-order valence-electron chi connectivity index (χ1n) is 7.29. The zero-order chi connectivity index (χ0) is 13.6. The third kappa shape index (κ3) is 1.78. The van der Waals surface area contributed by atoms with Gasteiger partial charge in [0.05, 0.1) is 0 Å². The first-order valence-corrected chi connectivity index (χ1v) is 8.17. The molecule has 4 heteroatoms. The fraction of sp³-hybridized carbons (Fsp3) is 0.438. The molecule has 3 nitrogen and oxygen atoms in total. The van der Waals surface area contributed by atoms with Crippen LogP contribution in [0.3, 0.4) is 0 Å². The number of ether oxygens (including phenoxy) is 1. The van der Waals surface area contributed by atoms with Gasteiger partial charge >= 0.3 is 0 Å². The number of aryl methyl sites for hydroxylation is 1. The van der Waals surface area contributed by atoms with Gasteiger partial charge in [0.25, 0.3) is 0 Å². The lowest BCUT2D eigenvalue weighted by Gasteiger charge is -2.37. The van der Waals surface area contributed by atoms with E-state index in [0.29, 0.717) is 0 Å². The van der Waals surface area contributed by atoms with E-state index >= 15 is 0 Å². The van der Waals surface area contributed by atoms with Crippen molar-refractivity contribution in [1.82, 2.24) is 5.01 Å². The van der Waals surface area contributed by atoms with E-state index in [2.05, 4.69) is 29.5 Å². The predicted molar refractivity (Wildman–Crippen MR) is 82.1 cm³/mol. The van der Waals surface area contributed by atoms with Crippen molar-refractivity contribution in [2.45, 2.75) is 43.9 Å². The molecule has 1 spiro atoms. The molecule has 2 aliphatic heterocycles. The second-order valence-electron chi connectivity index (χ2n) is 5.71. The summed E-state index contributed by atoms with van der Waals surface area (Å²) in [5.41, 5.74) is 2.30. The molecular weight excluding hydrogens is 268 g/mol. The summed E-state index contributed by atoms with van der Waals surface area (Å²) in [6.07, 6.45) is 6.33. The fourth-order valence-corrected chi connectivity index (χ4v) is 4.46. The van der Waals surface area contributed by atoms with E-state index in [1.807, 2.05) is 23.9 Å². The number of rotatable bonds is 1. The van der Waals surface area contributed by atoms with Gasteiger partial charge in [0, 0.05) is 11.0 Å². The Balaban J connectivity index is 1.68. The van der Waals surface area contributed by atoms with Crippen LogP contribution in [0.25, 0.3) is 0 Å². The summed E-state index contributed by atoms with van der Waals surface area (Å²) < 4.78 is 6.00. The molecule has 0 aromatic heterocycles. The quantitative estimate of drug-likeness (QED) is 0.773. The number of benzene rings is 1. The highest BCUT2D eigenvalue weighted by Gasteiger charge is 2.47. The van der Waals surface area contributed by atoms with Gasteiger partial charge < -0.3 is 4.74 Å². The van der Waals surface area contributed by atoms with Crippen LogP contribution in [0.15, 0.2) is 40.7 Å². The second-order valence-corrected chi connectivity index (χ2v) is 6.95. The molecule has 20 heavy (non-hydrogen) atoms. The molecule has 1 aromatic carbocycles. The summed E-state index contributed by atoms with van der Waals surface area (Å²) >= 11 is 1.89. The lowest BCUT2D eigenvalue weighted by Crippen LogP contribution is -2.39. The lowest BCUT2D eigenvalue weighted by molar-refractivity contribution is 0.150. The van der Waals surface area contributed by atoms with Gasteiger partial charge in [-0.2, -0.15) is 0 Å². The number of thioether (sulfide) groups is 1. The molecule has 2 heterocycles. The Kier molecular flexibility index (Phi) is 2.81. The number of hydrogen-bond acceptors (Lipinski definition) is 4. The van der Waals surface area contributed by atoms with Gasteiger partial charge in [0.2, 0.25) is 11.8 Å². The molecule has 0 radical (unpaired) electrons. The number of hydrogen-bond donors (Lipinski definition) is 0. The second kappa shape index (κ2) is 4.55. The Bertz CT molecular complexity index is 602. The van der Waals surface area contributed by atoms with Gasteiger partial charge in [-0.15, -0.1) is 5.10 Å². The highest BCUT2D eigenvalue weighted by Crippen LogP contribution is 2.52. The van der Waals surface area contributed by atoms with Crippen molar-refractivity contribution in [1.29, 1.82) is 0 Å². The molecular formula is C16H18N2OS. The highest BCUT2D eigenvalue weighted by molar-refractivity contribution is 8.03. The van der Waals surface area contributed by atoms with Crippen molar-refractivity contribution in [2.24, 2.45) is 5.10 Å². The predicted octanol–water partition coefficient (Wildman–Crippen LogP) is 4.19. The molecule has 3 aliphatic rings. The van der Waals surface area contributed by atoms with Crippen molar-refractivity contribution in [3.63, 3.8) is 0 Å². The maximum Gasteiger partial charge on any atom is 0.246 e. The fourth-order valence-electron chi connectivity index (χ4n) is 3.23. The average molecular weight is 286 g/mol. The van der Waals surface area contributed by atoms with E-state index in [4.69, 9.17) is 9.84 Å². The van der Waals surface area contributed by atoms with Crippen LogP contribution < -0.4 is 0 Å². The van der Waals surface area contributed by atoms with Gasteiger partial charge in [-0.05, 0) is 31.4 Å². The van der Waals surface area contributed by atoms with Crippen LogP contribution in [-0.2, 0) is 4.74 Å². The Labute approximate surface area is 123 Å². The van der Waals surface area contributed by atoms with Crippen LogP contribution in [0.5, 0.6) is 0 Å². The normalized spacial score (nSPS) is 23.4. The minimum Gasteiger partial charge on any atom is -0.418 e. The molecule has 0 bridgehead atoms. The SMILES string of the molecule is Cc1ccccc1C1=NN2C(=CSC23CCCCC3)O1. The monoisotopic (exact) mass is 286 g/mol. The van der Waals surface area contributed by atoms with E-state index in [1.165, 1.54) is 37.7 Å². The van der Waals surface area contributed by atoms with Crippen molar-refractivity contribution < 1.29 is 4.74 Å². The van der Waals surface area contributed by atoms with Crippen LogP contribution in [0.4, 0.5) is 0 Å². The molecule has 0 amide bonds. The molecule has 1 saturated carbocycles. The molecule has 1 aliphatic carbocycles. The van der Waals surface area contributed by atoms with Crippen LogP contribution in [0.1, 0.15) is 43.2 Å². The van der Waals surface area contributed by atoms with Crippen LogP contribution >= 0.6 is 11.8 Å². The summed E-state index contributed by atoms with van der Waals surface area (Å²) in [6, 6.07) is 8.27. The van der Waals surface area contributed by atoms with Gasteiger partial charge in [0.1, 0.15) is 4.87 Å². The van der Waals surface area contributed by atoms with E-state index in [9.17, 15) is 0 Å².